The van der Waals surface area contributed by atoms with Crippen molar-refractivity contribution in [3.05, 3.63) is 12.7 Å². The molecule has 2 nitrogen and oxygen atoms in total. The summed E-state index contributed by atoms with van der Waals surface area (Å²) in [5.74, 6) is 0.991. The molecule has 0 heterocycles. The Balaban J connectivity index is 2.56. The van der Waals surface area contributed by atoms with Gasteiger partial charge in [-0.05, 0) is 45.3 Å². The molecule has 100 valence electrons. The first kappa shape index (κ1) is 14.9. The van der Waals surface area contributed by atoms with Crippen LogP contribution in [0.4, 0.5) is 0 Å². The van der Waals surface area contributed by atoms with Crippen LogP contribution in [0.15, 0.2) is 12.7 Å². The van der Waals surface area contributed by atoms with Gasteiger partial charge < -0.3 is 9.16 Å². The van der Waals surface area contributed by atoms with E-state index in [9.17, 15) is 0 Å². The zero-order chi connectivity index (χ0) is 13.1. The fourth-order valence-corrected chi connectivity index (χ4v) is 3.87. The summed E-state index contributed by atoms with van der Waals surface area (Å²) in [6, 6.07) is 0. The molecule has 0 N–H and O–H groups in total. The fourth-order valence-electron chi connectivity index (χ4n) is 2.54. The predicted octanol–water partition coefficient (Wildman–Crippen LogP) is 4.19. The van der Waals surface area contributed by atoms with Gasteiger partial charge in [0.15, 0.2) is 14.1 Å². The first-order chi connectivity index (χ1) is 7.84. The second kappa shape index (κ2) is 5.68. The van der Waals surface area contributed by atoms with E-state index in [1.165, 1.54) is 6.42 Å². The van der Waals surface area contributed by atoms with Crippen LogP contribution in [0.2, 0.25) is 19.6 Å². The molecule has 1 fully saturated rings. The monoisotopic (exact) mass is 256 g/mol. The second-order valence-corrected chi connectivity index (χ2v) is 10.5. The maximum Gasteiger partial charge on any atom is 0.187 e. The lowest BCUT2D eigenvalue weighted by atomic mass is 10.00. The highest BCUT2D eigenvalue weighted by atomic mass is 28.4. The predicted molar refractivity (Wildman–Crippen MR) is 75.5 cm³/mol. The first-order valence-electron chi connectivity index (χ1n) is 6.79. The minimum Gasteiger partial charge on any atom is -0.391 e. The fraction of sp³-hybridized carbons (Fsp3) is 0.857. The molecule has 0 aromatic carbocycles. The standard InChI is InChI=1S/C14H28O2Si/c1-7-9-10-12(3)13-11-14(13,15-8-2)16-17(4,5)6/h7,12-13H,1,8-11H2,2-6H3. The lowest BCUT2D eigenvalue weighted by Crippen LogP contribution is -2.37. The highest BCUT2D eigenvalue weighted by Crippen LogP contribution is 2.54. The van der Waals surface area contributed by atoms with E-state index in [-0.39, 0.29) is 5.79 Å². The van der Waals surface area contributed by atoms with Crippen molar-refractivity contribution in [1.29, 1.82) is 0 Å². The van der Waals surface area contributed by atoms with Gasteiger partial charge in [-0.1, -0.05) is 13.0 Å². The van der Waals surface area contributed by atoms with E-state index in [4.69, 9.17) is 9.16 Å². The molecule has 0 bridgehead atoms. The lowest BCUT2D eigenvalue weighted by molar-refractivity contribution is -0.123. The average Bonchev–Trinajstić information content (AvgIpc) is 2.86. The van der Waals surface area contributed by atoms with Crippen molar-refractivity contribution in [3.63, 3.8) is 0 Å². The maximum absolute atomic E-state index is 6.28. The summed E-state index contributed by atoms with van der Waals surface area (Å²) >= 11 is 0. The number of hydrogen-bond acceptors (Lipinski definition) is 2. The van der Waals surface area contributed by atoms with Crippen molar-refractivity contribution >= 4 is 8.32 Å². The van der Waals surface area contributed by atoms with Gasteiger partial charge in [-0.2, -0.15) is 0 Å². The third kappa shape index (κ3) is 4.23. The summed E-state index contributed by atoms with van der Waals surface area (Å²) in [6.45, 7) is 15.6. The van der Waals surface area contributed by atoms with Crippen molar-refractivity contribution in [3.8, 4) is 0 Å². The molecule has 0 saturated heterocycles. The van der Waals surface area contributed by atoms with Crippen LogP contribution in [0.25, 0.3) is 0 Å². The van der Waals surface area contributed by atoms with Gasteiger partial charge in [0.1, 0.15) is 0 Å². The SMILES string of the molecule is C=CCCC(C)C1CC1(OCC)O[Si](C)(C)C. The Morgan fingerprint density at radius 3 is 2.59 bits per heavy atom. The van der Waals surface area contributed by atoms with Gasteiger partial charge in [0, 0.05) is 18.9 Å². The van der Waals surface area contributed by atoms with E-state index in [1.807, 2.05) is 6.08 Å². The van der Waals surface area contributed by atoms with E-state index in [1.54, 1.807) is 0 Å². The molecular formula is C14H28O2Si. The van der Waals surface area contributed by atoms with Crippen LogP contribution in [0.3, 0.4) is 0 Å². The largest absolute Gasteiger partial charge is 0.391 e. The van der Waals surface area contributed by atoms with E-state index < -0.39 is 8.32 Å². The van der Waals surface area contributed by atoms with E-state index in [2.05, 4.69) is 40.1 Å². The summed E-state index contributed by atoms with van der Waals surface area (Å²) in [5, 5.41) is 0. The Labute approximate surface area is 108 Å². The average molecular weight is 256 g/mol. The molecule has 3 atom stereocenters. The molecule has 1 aliphatic rings. The minimum atomic E-state index is -1.53. The first-order valence-corrected chi connectivity index (χ1v) is 10.2. The molecular weight excluding hydrogens is 228 g/mol. The Kier molecular flexibility index (Phi) is 4.99. The van der Waals surface area contributed by atoms with Crippen LogP contribution in [0.1, 0.15) is 33.1 Å². The lowest BCUT2D eigenvalue weighted by Gasteiger charge is -2.28. The highest BCUT2D eigenvalue weighted by Gasteiger charge is 2.60. The Morgan fingerprint density at radius 2 is 2.12 bits per heavy atom. The zero-order valence-electron chi connectivity index (χ0n) is 12.1. The van der Waals surface area contributed by atoms with E-state index in [0.717, 1.165) is 19.4 Å². The van der Waals surface area contributed by atoms with Gasteiger partial charge in [0.25, 0.3) is 0 Å². The summed E-state index contributed by atoms with van der Waals surface area (Å²) in [5.41, 5.74) is 0. The summed E-state index contributed by atoms with van der Waals surface area (Å²) in [7, 11) is -1.53. The summed E-state index contributed by atoms with van der Waals surface area (Å²) in [6.07, 6.45) is 5.36. The molecule has 1 aliphatic carbocycles. The van der Waals surface area contributed by atoms with Crippen molar-refractivity contribution < 1.29 is 9.16 Å². The molecule has 1 rings (SSSR count). The smallest absolute Gasteiger partial charge is 0.187 e. The second-order valence-electron chi connectivity index (χ2n) is 6.11. The quantitative estimate of drug-likeness (QED) is 0.368. The van der Waals surface area contributed by atoms with Crippen LogP contribution in [-0.2, 0) is 9.16 Å². The van der Waals surface area contributed by atoms with E-state index in [0.29, 0.717) is 11.8 Å². The van der Waals surface area contributed by atoms with Crippen molar-refractivity contribution in [2.45, 2.75) is 58.5 Å². The minimum absolute atomic E-state index is 0.250. The van der Waals surface area contributed by atoms with Crippen LogP contribution >= 0.6 is 0 Å². The molecule has 17 heavy (non-hydrogen) atoms. The molecule has 0 amide bonds. The molecule has 1 saturated carbocycles. The van der Waals surface area contributed by atoms with E-state index >= 15 is 0 Å². The Bertz CT molecular complexity index is 259. The zero-order valence-corrected chi connectivity index (χ0v) is 13.1. The van der Waals surface area contributed by atoms with Crippen LogP contribution < -0.4 is 0 Å². The Morgan fingerprint density at radius 1 is 1.47 bits per heavy atom. The van der Waals surface area contributed by atoms with Gasteiger partial charge in [-0.3, -0.25) is 0 Å². The van der Waals surface area contributed by atoms with Gasteiger partial charge in [0.05, 0.1) is 0 Å². The molecule has 0 aliphatic heterocycles. The number of hydrogen-bond donors (Lipinski definition) is 0. The number of ether oxygens (including phenoxy) is 1. The molecule has 0 aromatic heterocycles. The van der Waals surface area contributed by atoms with Crippen molar-refractivity contribution in [1.82, 2.24) is 0 Å². The van der Waals surface area contributed by atoms with Crippen LogP contribution in [-0.4, -0.2) is 20.7 Å². The number of allylic oxidation sites excluding steroid dienone is 1. The maximum atomic E-state index is 6.28. The summed E-state index contributed by atoms with van der Waals surface area (Å²) in [4.78, 5) is 0. The third-order valence-corrected chi connectivity index (χ3v) is 4.25. The normalized spacial score (nSPS) is 30.1. The molecule has 0 spiro atoms. The third-order valence-electron chi connectivity index (χ3n) is 3.29. The highest BCUT2D eigenvalue weighted by molar-refractivity contribution is 6.69. The van der Waals surface area contributed by atoms with Gasteiger partial charge >= 0.3 is 0 Å². The summed E-state index contributed by atoms with van der Waals surface area (Å²) < 4.78 is 12.2. The Hall–Kier alpha value is -0.123. The molecule has 0 radical (unpaired) electrons. The van der Waals surface area contributed by atoms with Gasteiger partial charge in [0.2, 0.25) is 0 Å². The number of rotatable bonds is 8. The molecule has 3 unspecified atom stereocenters. The van der Waals surface area contributed by atoms with Crippen LogP contribution in [0.5, 0.6) is 0 Å². The van der Waals surface area contributed by atoms with Crippen molar-refractivity contribution in [2.75, 3.05) is 6.61 Å². The van der Waals surface area contributed by atoms with Gasteiger partial charge in [-0.15, -0.1) is 6.58 Å². The van der Waals surface area contributed by atoms with Crippen LogP contribution in [0, 0.1) is 11.8 Å². The van der Waals surface area contributed by atoms with Gasteiger partial charge in [-0.25, -0.2) is 0 Å². The van der Waals surface area contributed by atoms with Crippen molar-refractivity contribution in [2.24, 2.45) is 11.8 Å². The topological polar surface area (TPSA) is 18.5 Å². The molecule has 3 heteroatoms. The molecule has 0 aromatic rings.